The lowest BCUT2D eigenvalue weighted by atomic mass is 10.1. The average molecular weight is 306 g/mol. The molecule has 0 atom stereocenters. The van der Waals surface area contributed by atoms with Crippen molar-refractivity contribution in [3.63, 3.8) is 0 Å². The molecule has 0 bridgehead atoms. The molecule has 0 aliphatic rings. The first-order chi connectivity index (χ1) is 8.63. The summed E-state index contributed by atoms with van der Waals surface area (Å²) in [4.78, 5) is 11.8. The summed E-state index contributed by atoms with van der Waals surface area (Å²) < 4.78 is 0.986. The summed E-state index contributed by atoms with van der Waals surface area (Å²) in [5, 5.41) is 12.0. The van der Waals surface area contributed by atoms with Gasteiger partial charge in [-0.25, -0.2) is 0 Å². The van der Waals surface area contributed by atoms with Gasteiger partial charge >= 0.3 is 0 Å². The van der Waals surface area contributed by atoms with Crippen molar-refractivity contribution in [2.75, 3.05) is 5.32 Å². The number of phenolic OH excluding ortho intramolecular Hbond substituents is 1. The summed E-state index contributed by atoms with van der Waals surface area (Å²) in [5.74, 6) is 0.0272. The number of phenols is 1. The van der Waals surface area contributed by atoms with E-state index in [0.717, 1.165) is 10.0 Å². The fourth-order valence-corrected chi connectivity index (χ4v) is 1.84. The van der Waals surface area contributed by atoms with E-state index in [9.17, 15) is 9.90 Å². The van der Waals surface area contributed by atoms with Crippen molar-refractivity contribution in [1.29, 1.82) is 0 Å². The SMILES string of the molecule is O=C(Cc1ccc(Br)cc1)Nc1cccc(O)c1. The minimum absolute atomic E-state index is 0.108. The maximum absolute atomic E-state index is 11.8. The van der Waals surface area contributed by atoms with Gasteiger partial charge in [0.15, 0.2) is 0 Å². The van der Waals surface area contributed by atoms with Gasteiger partial charge in [0.05, 0.1) is 6.42 Å². The Labute approximate surface area is 114 Å². The van der Waals surface area contributed by atoms with Crippen LogP contribution in [0.2, 0.25) is 0 Å². The molecule has 2 N–H and O–H groups in total. The van der Waals surface area contributed by atoms with Gasteiger partial charge in [-0.15, -0.1) is 0 Å². The van der Waals surface area contributed by atoms with E-state index in [1.807, 2.05) is 24.3 Å². The number of aromatic hydroxyl groups is 1. The maximum atomic E-state index is 11.8. The molecule has 18 heavy (non-hydrogen) atoms. The Bertz CT molecular complexity index is 552. The normalized spacial score (nSPS) is 10.1. The van der Waals surface area contributed by atoms with Gasteiger partial charge in [-0.1, -0.05) is 34.1 Å². The Morgan fingerprint density at radius 2 is 1.89 bits per heavy atom. The molecular weight excluding hydrogens is 294 g/mol. The topological polar surface area (TPSA) is 49.3 Å². The Hall–Kier alpha value is -1.81. The molecule has 0 radical (unpaired) electrons. The number of amides is 1. The van der Waals surface area contributed by atoms with Gasteiger partial charge in [0.25, 0.3) is 0 Å². The number of rotatable bonds is 3. The molecule has 0 spiro atoms. The molecule has 0 unspecified atom stereocenters. The van der Waals surface area contributed by atoms with Crippen LogP contribution in [0.15, 0.2) is 53.0 Å². The van der Waals surface area contributed by atoms with Crippen molar-refractivity contribution >= 4 is 27.5 Å². The third-order valence-corrected chi connectivity index (χ3v) is 2.94. The van der Waals surface area contributed by atoms with Crippen LogP contribution in [-0.4, -0.2) is 11.0 Å². The molecule has 4 heteroatoms. The maximum Gasteiger partial charge on any atom is 0.228 e. The first kappa shape index (κ1) is 12.6. The third-order valence-electron chi connectivity index (χ3n) is 2.41. The van der Waals surface area contributed by atoms with E-state index in [1.54, 1.807) is 18.2 Å². The molecule has 92 valence electrons. The van der Waals surface area contributed by atoms with E-state index in [0.29, 0.717) is 12.1 Å². The first-order valence-corrected chi connectivity index (χ1v) is 6.26. The van der Waals surface area contributed by atoms with Gasteiger partial charge in [-0.3, -0.25) is 4.79 Å². The van der Waals surface area contributed by atoms with Crippen molar-refractivity contribution in [3.05, 3.63) is 58.6 Å². The number of carbonyl (C=O) groups is 1. The fraction of sp³-hybridized carbons (Fsp3) is 0.0714. The van der Waals surface area contributed by atoms with E-state index < -0.39 is 0 Å². The summed E-state index contributed by atoms with van der Waals surface area (Å²) in [7, 11) is 0. The van der Waals surface area contributed by atoms with E-state index in [2.05, 4.69) is 21.2 Å². The number of hydrogen-bond acceptors (Lipinski definition) is 2. The second kappa shape index (κ2) is 5.69. The van der Waals surface area contributed by atoms with Gasteiger partial charge in [0.1, 0.15) is 5.75 Å². The Morgan fingerprint density at radius 3 is 2.56 bits per heavy atom. The van der Waals surface area contributed by atoms with Crippen molar-refractivity contribution in [2.24, 2.45) is 0 Å². The van der Waals surface area contributed by atoms with Crippen LogP contribution in [0.5, 0.6) is 5.75 Å². The van der Waals surface area contributed by atoms with E-state index in [4.69, 9.17) is 0 Å². The fourth-order valence-electron chi connectivity index (χ4n) is 1.58. The Balaban J connectivity index is 1.98. The molecule has 0 heterocycles. The number of carbonyl (C=O) groups excluding carboxylic acids is 1. The number of nitrogens with one attached hydrogen (secondary N) is 1. The number of anilines is 1. The van der Waals surface area contributed by atoms with Gasteiger partial charge in [-0.05, 0) is 29.8 Å². The smallest absolute Gasteiger partial charge is 0.228 e. The van der Waals surface area contributed by atoms with Gasteiger partial charge in [0.2, 0.25) is 5.91 Å². The largest absolute Gasteiger partial charge is 0.508 e. The van der Waals surface area contributed by atoms with Crippen LogP contribution in [0.4, 0.5) is 5.69 Å². The molecule has 2 rings (SSSR count). The third kappa shape index (κ3) is 3.60. The van der Waals surface area contributed by atoms with Crippen LogP contribution in [-0.2, 0) is 11.2 Å². The molecular formula is C14H12BrNO2. The lowest BCUT2D eigenvalue weighted by molar-refractivity contribution is -0.115. The zero-order chi connectivity index (χ0) is 13.0. The molecule has 3 nitrogen and oxygen atoms in total. The lowest BCUT2D eigenvalue weighted by Gasteiger charge is -2.05. The van der Waals surface area contributed by atoms with Crippen molar-refractivity contribution in [3.8, 4) is 5.75 Å². The highest BCUT2D eigenvalue weighted by atomic mass is 79.9. The molecule has 0 aliphatic heterocycles. The number of benzene rings is 2. The average Bonchev–Trinajstić information content (AvgIpc) is 2.32. The van der Waals surface area contributed by atoms with E-state index >= 15 is 0 Å². The summed E-state index contributed by atoms with van der Waals surface area (Å²) in [5.41, 5.74) is 1.54. The van der Waals surface area contributed by atoms with Crippen LogP contribution in [0.25, 0.3) is 0 Å². The highest BCUT2D eigenvalue weighted by Crippen LogP contribution is 2.16. The van der Waals surface area contributed by atoms with Crippen molar-refractivity contribution in [1.82, 2.24) is 0 Å². The summed E-state index contributed by atoms with van der Waals surface area (Å²) in [6, 6.07) is 14.1. The Kier molecular flexibility index (Phi) is 3.99. The lowest BCUT2D eigenvalue weighted by Crippen LogP contribution is -2.14. The minimum Gasteiger partial charge on any atom is -0.508 e. The quantitative estimate of drug-likeness (QED) is 0.914. The van der Waals surface area contributed by atoms with Crippen molar-refractivity contribution < 1.29 is 9.90 Å². The summed E-state index contributed by atoms with van der Waals surface area (Å²) in [6.07, 6.45) is 0.308. The van der Waals surface area contributed by atoms with Gasteiger partial charge in [-0.2, -0.15) is 0 Å². The van der Waals surface area contributed by atoms with E-state index in [1.165, 1.54) is 6.07 Å². The van der Waals surface area contributed by atoms with Gasteiger partial charge in [0, 0.05) is 16.2 Å². The van der Waals surface area contributed by atoms with Crippen LogP contribution < -0.4 is 5.32 Å². The number of halogens is 1. The minimum atomic E-state index is -0.108. The molecule has 0 saturated heterocycles. The summed E-state index contributed by atoms with van der Waals surface area (Å²) in [6.45, 7) is 0. The zero-order valence-electron chi connectivity index (χ0n) is 9.56. The molecule has 0 fully saturated rings. The highest BCUT2D eigenvalue weighted by Gasteiger charge is 2.04. The predicted octanol–water partition coefficient (Wildman–Crippen LogP) is 3.34. The highest BCUT2D eigenvalue weighted by molar-refractivity contribution is 9.10. The molecule has 2 aromatic rings. The number of hydrogen-bond donors (Lipinski definition) is 2. The van der Waals surface area contributed by atoms with Crippen LogP contribution in [0.3, 0.4) is 0 Å². The monoisotopic (exact) mass is 305 g/mol. The first-order valence-electron chi connectivity index (χ1n) is 5.47. The molecule has 2 aromatic carbocycles. The second-order valence-electron chi connectivity index (χ2n) is 3.90. The molecule has 1 amide bonds. The van der Waals surface area contributed by atoms with Crippen molar-refractivity contribution in [2.45, 2.75) is 6.42 Å². The van der Waals surface area contributed by atoms with Crippen LogP contribution in [0.1, 0.15) is 5.56 Å². The molecule has 0 saturated carbocycles. The Morgan fingerprint density at radius 1 is 1.17 bits per heavy atom. The van der Waals surface area contributed by atoms with Gasteiger partial charge < -0.3 is 10.4 Å². The predicted molar refractivity (Wildman–Crippen MR) is 74.6 cm³/mol. The van der Waals surface area contributed by atoms with Crippen LogP contribution in [0, 0.1) is 0 Å². The zero-order valence-corrected chi connectivity index (χ0v) is 11.1. The molecule has 0 aromatic heterocycles. The van der Waals surface area contributed by atoms with E-state index in [-0.39, 0.29) is 11.7 Å². The summed E-state index contributed by atoms with van der Waals surface area (Å²) >= 11 is 3.35. The molecule has 0 aliphatic carbocycles. The van der Waals surface area contributed by atoms with Crippen LogP contribution >= 0.6 is 15.9 Å². The standard InChI is InChI=1S/C14H12BrNO2/c15-11-6-4-10(5-7-11)8-14(18)16-12-2-1-3-13(17)9-12/h1-7,9,17H,8H2,(H,16,18). The second-order valence-corrected chi connectivity index (χ2v) is 4.82.